The Bertz CT molecular complexity index is 505. The van der Waals surface area contributed by atoms with Gasteiger partial charge >= 0.3 is 0 Å². The maximum Gasteiger partial charge on any atom is 0.269 e. The van der Waals surface area contributed by atoms with Crippen molar-refractivity contribution in [3.63, 3.8) is 0 Å². The predicted octanol–water partition coefficient (Wildman–Crippen LogP) is 4.05. The van der Waals surface area contributed by atoms with Crippen molar-refractivity contribution >= 4 is 6.08 Å². The minimum Gasteiger partial charge on any atom is -0.483 e. The Kier molecular flexibility index (Phi) is 4.41. The molecule has 0 radical (unpaired) electrons. The summed E-state index contributed by atoms with van der Waals surface area (Å²) in [6.45, 7) is 2.13. The first kappa shape index (κ1) is 14.1. The first-order valence-electron chi connectivity index (χ1n) is 4.52. The number of benzene rings is 1. The molecule has 0 unspecified atom stereocenters. The third kappa shape index (κ3) is 2.66. The van der Waals surface area contributed by atoms with Gasteiger partial charge in [-0.2, -0.15) is 13.2 Å². The Morgan fingerprint density at radius 3 is 2.11 bits per heavy atom. The Balaban J connectivity index is 3.23. The Hall–Kier alpha value is -1.92. The molecule has 1 rings (SSSR count). The quantitative estimate of drug-likeness (QED) is 0.455. The summed E-state index contributed by atoms with van der Waals surface area (Å²) in [4.78, 5) is 0. The molecule has 1 aromatic carbocycles. The molecule has 1 aromatic rings. The molecule has 0 N–H and O–H groups in total. The molecule has 0 aliphatic carbocycles. The van der Waals surface area contributed by atoms with E-state index in [1.165, 1.54) is 0 Å². The molecule has 0 amide bonds. The Labute approximate surface area is 98.0 Å². The molecule has 1 nitrogen and oxygen atoms in total. The number of ether oxygens (including phenoxy) is 1. The summed E-state index contributed by atoms with van der Waals surface area (Å²) in [7, 11) is 0. The molecule has 7 heteroatoms. The smallest absolute Gasteiger partial charge is 0.269 e. The van der Waals surface area contributed by atoms with Crippen LogP contribution in [0.1, 0.15) is 5.56 Å². The van der Waals surface area contributed by atoms with Crippen LogP contribution in [0.3, 0.4) is 0 Å². The van der Waals surface area contributed by atoms with Crippen LogP contribution < -0.4 is 4.74 Å². The largest absolute Gasteiger partial charge is 0.483 e. The van der Waals surface area contributed by atoms with Crippen LogP contribution in [0.25, 0.3) is 6.08 Å². The van der Waals surface area contributed by atoms with Crippen molar-refractivity contribution in [2.45, 2.75) is 0 Å². The molecule has 0 spiro atoms. The van der Waals surface area contributed by atoms with Gasteiger partial charge in [-0.1, -0.05) is 12.7 Å². The second kappa shape index (κ2) is 5.61. The van der Waals surface area contributed by atoms with Crippen molar-refractivity contribution in [3.05, 3.63) is 47.6 Å². The summed E-state index contributed by atoms with van der Waals surface area (Å²) in [6.07, 6.45) is -1.30. The van der Waals surface area contributed by atoms with Gasteiger partial charge in [-0.15, -0.1) is 0 Å². The first-order chi connectivity index (χ1) is 8.40. The highest BCUT2D eigenvalue weighted by Gasteiger charge is 2.24. The average molecular weight is 268 g/mol. The first-order valence-corrected chi connectivity index (χ1v) is 4.52. The normalized spacial score (nSPS) is 10.1. The van der Waals surface area contributed by atoms with Gasteiger partial charge in [0.15, 0.2) is 23.2 Å². The van der Waals surface area contributed by atoms with Crippen molar-refractivity contribution in [2.24, 2.45) is 0 Å². The van der Waals surface area contributed by atoms with Gasteiger partial charge in [0.25, 0.3) is 6.08 Å². The zero-order chi connectivity index (χ0) is 13.9. The predicted molar refractivity (Wildman–Crippen MR) is 52.2 cm³/mol. The van der Waals surface area contributed by atoms with Gasteiger partial charge in [0.1, 0.15) is 6.61 Å². The monoisotopic (exact) mass is 268 g/mol. The molecule has 0 heterocycles. The minimum absolute atomic E-state index is 0.216. The van der Waals surface area contributed by atoms with E-state index in [0.717, 1.165) is 0 Å². The van der Waals surface area contributed by atoms with Crippen molar-refractivity contribution in [2.75, 3.05) is 6.61 Å². The lowest BCUT2D eigenvalue weighted by molar-refractivity contribution is 0.297. The van der Waals surface area contributed by atoms with Crippen molar-refractivity contribution in [3.8, 4) is 5.75 Å². The van der Waals surface area contributed by atoms with Crippen molar-refractivity contribution in [1.29, 1.82) is 0 Å². The summed E-state index contributed by atoms with van der Waals surface area (Å²) in [5.41, 5.74) is -0.936. The van der Waals surface area contributed by atoms with Gasteiger partial charge in [-0.05, 0) is 0 Å². The second-order valence-corrected chi connectivity index (χ2v) is 3.01. The molecule has 98 valence electrons. The number of rotatable bonds is 4. The van der Waals surface area contributed by atoms with Crippen LogP contribution in [0.4, 0.5) is 26.3 Å². The molecular weight excluding hydrogens is 262 g/mol. The van der Waals surface area contributed by atoms with E-state index in [1.54, 1.807) is 0 Å². The fraction of sp³-hybridized carbons (Fsp3) is 0.0909. The fourth-order valence-electron chi connectivity index (χ4n) is 1.12. The van der Waals surface area contributed by atoms with Crippen LogP contribution >= 0.6 is 0 Å². The van der Waals surface area contributed by atoms with E-state index in [0.29, 0.717) is 6.08 Å². The molecule has 18 heavy (non-hydrogen) atoms. The standard InChI is InChI=1S/C11H6F6O/c1-2-5-7(14)9(16)10(17)11(8(5)15)18-4-3-6(12)13/h2-3H,1,4H2. The summed E-state index contributed by atoms with van der Waals surface area (Å²) < 4.78 is 80.3. The molecule has 0 saturated heterocycles. The lowest BCUT2D eigenvalue weighted by Gasteiger charge is -2.10. The zero-order valence-corrected chi connectivity index (χ0v) is 8.74. The molecular formula is C11H6F6O. The van der Waals surface area contributed by atoms with Gasteiger partial charge < -0.3 is 4.74 Å². The van der Waals surface area contributed by atoms with Crippen LogP contribution in [0.5, 0.6) is 5.75 Å². The number of halogens is 6. The number of hydrogen-bond donors (Lipinski definition) is 0. The molecule has 0 aliphatic rings. The lowest BCUT2D eigenvalue weighted by atomic mass is 10.1. The van der Waals surface area contributed by atoms with Crippen LogP contribution in [0.2, 0.25) is 0 Å². The lowest BCUT2D eigenvalue weighted by Crippen LogP contribution is -2.06. The van der Waals surface area contributed by atoms with E-state index in [4.69, 9.17) is 0 Å². The fourth-order valence-corrected chi connectivity index (χ4v) is 1.12. The number of hydrogen-bond acceptors (Lipinski definition) is 1. The van der Waals surface area contributed by atoms with E-state index in [-0.39, 0.29) is 6.08 Å². The minimum atomic E-state index is -2.14. The summed E-state index contributed by atoms with van der Waals surface area (Å²) in [6, 6.07) is 0. The van der Waals surface area contributed by atoms with Crippen LogP contribution in [-0.4, -0.2) is 6.61 Å². The Morgan fingerprint density at radius 1 is 1.00 bits per heavy atom. The molecule has 0 atom stereocenters. The zero-order valence-electron chi connectivity index (χ0n) is 8.74. The van der Waals surface area contributed by atoms with Crippen LogP contribution in [-0.2, 0) is 0 Å². The van der Waals surface area contributed by atoms with E-state index < -0.39 is 47.3 Å². The molecule has 0 aromatic heterocycles. The third-order valence-electron chi connectivity index (χ3n) is 1.93. The van der Waals surface area contributed by atoms with Gasteiger partial charge in [-0.25, -0.2) is 13.2 Å². The van der Waals surface area contributed by atoms with E-state index in [9.17, 15) is 26.3 Å². The summed E-state index contributed by atoms with van der Waals surface area (Å²) in [5, 5.41) is 0. The maximum atomic E-state index is 13.4. The molecule has 0 bridgehead atoms. The van der Waals surface area contributed by atoms with E-state index in [1.807, 2.05) is 0 Å². The highest BCUT2D eigenvalue weighted by molar-refractivity contribution is 5.53. The second-order valence-electron chi connectivity index (χ2n) is 3.01. The highest BCUT2D eigenvalue weighted by atomic mass is 19.3. The van der Waals surface area contributed by atoms with Gasteiger partial charge in [0.05, 0.1) is 5.56 Å². The maximum absolute atomic E-state index is 13.4. The summed E-state index contributed by atoms with van der Waals surface area (Å²) in [5.74, 6) is -8.48. The van der Waals surface area contributed by atoms with Crippen LogP contribution in [0, 0.1) is 23.3 Å². The average Bonchev–Trinajstić information content (AvgIpc) is 2.31. The van der Waals surface area contributed by atoms with Gasteiger partial charge in [-0.3, -0.25) is 0 Å². The van der Waals surface area contributed by atoms with E-state index in [2.05, 4.69) is 11.3 Å². The van der Waals surface area contributed by atoms with Crippen molar-refractivity contribution in [1.82, 2.24) is 0 Å². The highest BCUT2D eigenvalue weighted by Crippen LogP contribution is 2.30. The van der Waals surface area contributed by atoms with Gasteiger partial charge in [0, 0.05) is 6.08 Å². The van der Waals surface area contributed by atoms with Gasteiger partial charge in [0.2, 0.25) is 5.82 Å². The van der Waals surface area contributed by atoms with Crippen molar-refractivity contribution < 1.29 is 31.1 Å². The van der Waals surface area contributed by atoms with Crippen LogP contribution in [0.15, 0.2) is 18.7 Å². The molecule has 0 fully saturated rings. The summed E-state index contributed by atoms with van der Waals surface area (Å²) >= 11 is 0. The van der Waals surface area contributed by atoms with E-state index >= 15 is 0 Å². The third-order valence-corrected chi connectivity index (χ3v) is 1.93. The molecule has 0 saturated carbocycles. The Morgan fingerprint density at radius 2 is 1.61 bits per heavy atom. The molecule has 0 aliphatic heterocycles. The topological polar surface area (TPSA) is 9.23 Å². The SMILES string of the molecule is C=Cc1c(F)c(F)c(F)c(OCC=C(F)F)c1F.